The van der Waals surface area contributed by atoms with Crippen molar-refractivity contribution in [2.75, 3.05) is 87.9 Å². The van der Waals surface area contributed by atoms with Gasteiger partial charge in [0.15, 0.2) is 0 Å². The van der Waals surface area contributed by atoms with E-state index in [-0.39, 0.29) is 82.8 Å². The number of aliphatic hydroxyl groups excluding tert-OH is 6. The van der Waals surface area contributed by atoms with E-state index >= 15 is 0 Å². The second-order valence-electron chi connectivity index (χ2n) is 8.90. The molecule has 0 aromatic heterocycles. The van der Waals surface area contributed by atoms with Crippen LogP contribution in [0.3, 0.4) is 0 Å². The fraction of sp³-hybridized carbons (Fsp3) is 0.875. The molecule has 0 radical (unpaired) electrons. The molecule has 0 aromatic carbocycles. The number of esters is 3. The number of hydrogen-bond donors (Lipinski definition) is 6. The van der Waals surface area contributed by atoms with Gasteiger partial charge < -0.3 is 49.6 Å². The number of thioether (sulfide) groups is 3. The number of hydrogen-bond acceptors (Lipinski definition) is 16. The summed E-state index contributed by atoms with van der Waals surface area (Å²) in [6.45, 7) is -1.98. The summed E-state index contributed by atoms with van der Waals surface area (Å²) in [5.41, 5.74) is -1.18. The van der Waals surface area contributed by atoms with Gasteiger partial charge in [-0.05, 0) is 0 Å². The summed E-state index contributed by atoms with van der Waals surface area (Å²) in [4.78, 5) is 36.9. The first kappa shape index (κ1) is 39.2. The summed E-state index contributed by atoms with van der Waals surface area (Å²) in [5.74, 6) is 0.172. The van der Waals surface area contributed by atoms with Gasteiger partial charge in [0.1, 0.15) is 19.8 Å². The van der Waals surface area contributed by atoms with Gasteiger partial charge in [0.25, 0.3) is 0 Å². The minimum Gasteiger partial charge on any atom is -0.465 e. The van der Waals surface area contributed by atoms with Crippen LogP contribution in [0.4, 0.5) is 0 Å². The summed E-state index contributed by atoms with van der Waals surface area (Å²) in [6, 6.07) is 0. The highest BCUT2D eigenvalue weighted by Gasteiger charge is 2.36. The van der Waals surface area contributed by atoms with Crippen molar-refractivity contribution in [2.24, 2.45) is 5.41 Å². The first-order valence-electron chi connectivity index (χ1n) is 12.7. The Bertz CT molecular complexity index is 603. The standard InChI is InChI=1S/C24H44O13S3/c1-34-14-24(15-35-21(31)2-5-38-11-18(28)8-25,16-36-22(32)3-6-39-12-19(29)9-26)17-37-23(33)4-7-40-13-20(30)10-27/h18-20,25-30H,2-17H2,1H3. The predicted octanol–water partition coefficient (Wildman–Crippen LogP) is -1.32. The molecule has 0 heterocycles. The summed E-state index contributed by atoms with van der Waals surface area (Å²) < 4.78 is 21.5. The minimum atomic E-state index is -1.18. The van der Waals surface area contributed by atoms with Crippen molar-refractivity contribution in [1.29, 1.82) is 0 Å². The molecule has 0 amide bonds. The Labute approximate surface area is 247 Å². The van der Waals surface area contributed by atoms with Crippen LogP contribution in [0.5, 0.6) is 0 Å². The molecule has 0 spiro atoms. The van der Waals surface area contributed by atoms with Crippen molar-refractivity contribution >= 4 is 53.2 Å². The Morgan fingerprint density at radius 2 is 0.900 bits per heavy atom. The Hall–Kier alpha value is -0.820. The fourth-order valence-electron chi connectivity index (χ4n) is 2.76. The lowest BCUT2D eigenvalue weighted by atomic mass is 9.92. The van der Waals surface area contributed by atoms with Crippen LogP contribution in [0.2, 0.25) is 0 Å². The number of aliphatic hydroxyl groups is 6. The van der Waals surface area contributed by atoms with E-state index in [9.17, 15) is 29.7 Å². The zero-order valence-electron chi connectivity index (χ0n) is 22.8. The highest BCUT2D eigenvalue weighted by molar-refractivity contribution is 7.99. The molecule has 13 nitrogen and oxygen atoms in total. The topological polar surface area (TPSA) is 210 Å². The summed E-state index contributed by atoms with van der Waals surface area (Å²) in [7, 11) is 1.40. The molecule has 0 rings (SSSR count). The van der Waals surface area contributed by atoms with Crippen LogP contribution in [-0.2, 0) is 33.3 Å². The van der Waals surface area contributed by atoms with E-state index in [0.29, 0.717) is 17.3 Å². The molecular formula is C24H44O13S3. The molecule has 0 fully saturated rings. The zero-order chi connectivity index (χ0) is 30.2. The van der Waals surface area contributed by atoms with Crippen LogP contribution < -0.4 is 0 Å². The molecule has 3 atom stereocenters. The van der Waals surface area contributed by atoms with Crippen molar-refractivity contribution in [2.45, 2.75) is 37.6 Å². The van der Waals surface area contributed by atoms with E-state index in [4.69, 9.17) is 34.3 Å². The molecule has 0 saturated heterocycles. The number of rotatable bonds is 26. The summed E-state index contributed by atoms with van der Waals surface area (Å²) in [5, 5.41) is 54.7. The molecule has 0 bridgehead atoms. The Kier molecular flexibility index (Phi) is 24.2. The van der Waals surface area contributed by atoms with Crippen LogP contribution in [-0.4, -0.2) is 155 Å². The van der Waals surface area contributed by atoms with Crippen LogP contribution in [0.1, 0.15) is 19.3 Å². The molecule has 0 aromatic rings. The van der Waals surface area contributed by atoms with Crippen molar-refractivity contribution in [3.63, 3.8) is 0 Å². The maximum atomic E-state index is 12.3. The van der Waals surface area contributed by atoms with Crippen molar-refractivity contribution in [1.82, 2.24) is 0 Å². The monoisotopic (exact) mass is 636 g/mol. The molecular weight excluding hydrogens is 592 g/mol. The number of ether oxygens (including phenoxy) is 4. The molecule has 16 heteroatoms. The Balaban J connectivity index is 5.01. The third kappa shape index (κ3) is 21.0. The van der Waals surface area contributed by atoms with Crippen molar-refractivity contribution in [3.05, 3.63) is 0 Å². The smallest absolute Gasteiger partial charge is 0.306 e. The maximum absolute atomic E-state index is 12.3. The maximum Gasteiger partial charge on any atom is 0.306 e. The largest absolute Gasteiger partial charge is 0.465 e. The van der Waals surface area contributed by atoms with E-state index in [1.54, 1.807) is 0 Å². The first-order valence-corrected chi connectivity index (χ1v) is 16.1. The lowest BCUT2D eigenvalue weighted by molar-refractivity contribution is -0.165. The molecule has 0 aliphatic carbocycles. The average Bonchev–Trinajstić information content (AvgIpc) is 2.95. The minimum absolute atomic E-state index is 0.0271. The van der Waals surface area contributed by atoms with Gasteiger partial charge in [-0.25, -0.2) is 0 Å². The van der Waals surface area contributed by atoms with Crippen LogP contribution in [0.25, 0.3) is 0 Å². The molecule has 0 saturated carbocycles. The quantitative estimate of drug-likeness (QED) is 0.0369. The second kappa shape index (κ2) is 24.7. The van der Waals surface area contributed by atoms with Crippen LogP contribution in [0.15, 0.2) is 0 Å². The van der Waals surface area contributed by atoms with Gasteiger partial charge in [0.2, 0.25) is 0 Å². The normalized spacial score (nSPS) is 15.1. The third-order valence-corrected chi connectivity index (χ3v) is 8.32. The van der Waals surface area contributed by atoms with Crippen molar-refractivity contribution < 1.29 is 64.0 Å². The van der Waals surface area contributed by atoms with Gasteiger partial charge in [-0.2, -0.15) is 35.3 Å². The zero-order valence-corrected chi connectivity index (χ0v) is 25.3. The molecule has 3 unspecified atom stereocenters. The second-order valence-corrected chi connectivity index (χ2v) is 12.3. The predicted molar refractivity (Wildman–Crippen MR) is 152 cm³/mol. The van der Waals surface area contributed by atoms with E-state index < -0.39 is 41.6 Å². The van der Waals surface area contributed by atoms with Gasteiger partial charge in [-0.1, -0.05) is 0 Å². The van der Waals surface area contributed by atoms with E-state index in [1.165, 1.54) is 42.4 Å². The first-order chi connectivity index (χ1) is 19.1. The van der Waals surface area contributed by atoms with E-state index in [2.05, 4.69) is 0 Å². The molecule has 40 heavy (non-hydrogen) atoms. The Morgan fingerprint density at radius 1 is 0.600 bits per heavy atom. The van der Waals surface area contributed by atoms with Gasteiger partial charge in [0.05, 0.1) is 69.4 Å². The highest BCUT2D eigenvalue weighted by Crippen LogP contribution is 2.22. The number of carbonyl (C=O) groups is 3. The van der Waals surface area contributed by atoms with E-state index in [1.807, 2.05) is 0 Å². The highest BCUT2D eigenvalue weighted by atomic mass is 32.2. The van der Waals surface area contributed by atoms with Gasteiger partial charge in [0, 0.05) is 41.6 Å². The summed E-state index contributed by atoms with van der Waals surface area (Å²) >= 11 is 3.82. The average molecular weight is 637 g/mol. The Morgan fingerprint density at radius 3 is 1.15 bits per heavy atom. The van der Waals surface area contributed by atoms with Crippen molar-refractivity contribution in [3.8, 4) is 0 Å². The molecule has 6 N–H and O–H groups in total. The SMILES string of the molecule is COCC(COC(=O)CCSCC(O)CO)(COC(=O)CCSCC(O)CO)COC(=O)CCSCC(O)CO. The number of methoxy groups -OCH3 is 1. The molecule has 236 valence electrons. The summed E-state index contributed by atoms with van der Waals surface area (Å²) in [6.07, 6.45) is -2.55. The lowest BCUT2D eigenvalue weighted by Gasteiger charge is -2.31. The fourth-order valence-corrected chi connectivity index (χ4v) is 5.32. The third-order valence-electron chi connectivity index (χ3n) is 4.98. The van der Waals surface area contributed by atoms with Crippen LogP contribution >= 0.6 is 35.3 Å². The van der Waals surface area contributed by atoms with Gasteiger partial charge in [-0.15, -0.1) is 0 Å². The van der Waals surface area contributed by atoms with Crippen LogP contribution in [0, 0.1) is 5.41 Å². The van der Waals surface area contributed by atoms with Gasteiger partial charge >= 0.3 is 17.9 Å². The lowest BCUT2D eigenvalue weighted by Crippen LogP contribution is -2.43. The van der Waals surface area contributed by atoms with Gasteiger partial charge in [-0.3, -0.25) is 14.4 Å². The number of carbonyl (C=O) groups excluding carboxylic acids is 3. The molecule has 0 aliphatic heterocycles. The molecule has 0 aliphatic rings. The van der Waals surface area contributed by atoms with E-state index in [0.717, 1.165) is 0 Å².